The van der Waals surface area contributed by atoms with Gasteiger partial charge in [0.25, 0.3) is 5.91 Å². The lowest BCUT2D eigenvalue weighted by Gasteiger charge is -2.08. The van der Waals surface area contributed by atoms with Crippen molar-refractivity contribution < 1.29 is 23.8 Å². The molecule has 0 atom stereocenters. The average Bonchev–Trinajstić information content (AvgIpc) is 3.27. The van der Waals surface area contributed by atoms with Gasteiger partial charge in [-0.05, 0) is 61.0 Å². The predicted octanol–water partition coefficient (Wildman–Crippen LogP) is 3.17. The molecule has 0 aliphatic rings. The third-order valence-electron chi connectivity index (χ3n) is 4.36. The lowest BCUT2D eigenvalue weighted by molar-refractivity contribution is -0.131. The number of amides is 1. The van der Waals surface area contributed by atoms with Crippen LogP contribution in [0.3, 0.4) is 0 Å². The van der Waals surface area contributed by atoms with Crippen LogP contribution in [-0.4, -0.2) is 42.0 Å². The fourth-order valence-electron chi connectivity index (χ4n) is 2.78. The average molecular weight is 422 g/mol. The molecular weight excluding hydrogens is 400 g/mol. The Kier molecular flexibility index (Phi) is 6.66. The predicted molar refractivity (Wildman–Crippen MR) is 115 cm³/mol. The van der Waals surface area contributed by atoms with Crippen LogP contribution in [0, 0.1) is 0 Å². The van der Waals surface area contributed by atoms with Gasteiger partial charge in [0.2, 0.25) is 0 Å². The van der Waals surface area contributed by atoms with Crippen LogP contribution in [0.15, 0.2) is 53.6 Å². The summed E-state index contributed by atoms with van der Waals surface area (Å²) in [4.78, 5) is 23.5. The highest BCUT2D eigenvalue weighted by atomic mass is 16.5. The molecule has 0 fully saturated rings. The van der Waals surface area contributed by atoms with Crippen LogP contribution < -0.4 is 19.6 Å². The van der Waals surface area contributed by atoms with Gasteiger partial charge in [0.1, 0.15) is 22.9 Å². The molecule has 0 spiro atoms. The van der Waals surface area contributed by atoms with Gasteiger partial charge in [-0.25, -0.2) is 5.43 Å². The first kappa shape index (κ1) is 21.6. The maximum Gasteiger partial charge on any atom is 0.308 e. The van der Waals surface area contributed by atoms with Crippen LogP contribution in [0.25, 0.3) is 11.3 Å². The number of esters is 1. The number of hydrazone groups is 1. The van der Waals surface area contributed by atoms with E-state index in [-0.39, 0.29) is 5.69 Å². The molecule has 1 aromatic heterocycles. The molecule has 0 radical (unpaired) electrons. The summed E-state index contributed by atoms with van der Waals surface area (Å²) in [6, 6.07) is 13.7. The van der Waals surface area contributed by atoms with Crippen molar-refractivity contribution in [2.24, 2.45) is 5.10 Å². The highest BCUT2D eigenvalue weighted by Gasteiger charge is 2.15. The van der Waals surface area contributed by atoms with E-state index in [0.29, 0.717) is 34.2 Å². The summed E-state index contributed by atoms with van der Waals surface area (Å²) >= 11 is 0. The third-order valence-corrected chi connectivity index (χ3v) is 4.36. The molecule has 0 aliphatic heterocycles. The van der Waals surface area contributed by atoms with Crippen molar-refractivity contribution in [1.29, 1.82) is 0 Å². The van der Waals surface area contributed by atoms with E-state index in [2.05, 4.69) is 20.7 Å². The molecule has 9 heteroatoms. The Balaban J connectivity index is 1.72. The van der Waals surface area contributed by atoms with Crippen molar-refractivity contribution in [2.75, 3.05) is 14.2 Å². The van der Waals surface area contributed by atoms with Crippen LogP contribution in [-0.2, 0) is 4.79 Å². The summed E-state index contributed by atoms with van der Waals surface area (Å²) in [5.74, 6) is 0.841. The first-order chi connectivity index (χ1) is 14.9. The Morgan fingerprint density at radius 3 is 2.32 bits per heavy atom. The van der Waals surface area contributed by atoms with E-state index in [1.54, 1.807) is 69.7 Å². The van der Waals surface area contributed by atoms with Crippen LogP contribution in [0.1, 0.15) is 29.9 Å². The maximum absolute atomic E-state index is 12.5. The molecule has 2 aromatic carbocycles. The van der Waals surface area contributed by atoms with Gasteiger partial charge in [0.15, 0.2) is 0 Å². The highest BCUT2D eigenvalue weighted by Crippen LogP contribution is 2.32. The van der Waals surface area contributed by atoms with Crippen LogP contribution in [0.4, 0.5) is 0 Å². The van der Waals surface area contributed by atoms with E-state index in [1.807, 2.05) is 0 Å². The number of ether oxygens (including phenoxy) is 3. The zero-order valence-corrected chi connectivity index (χ0v) is 17.6. The quantitative estimate of drug-likeness (QED) is 0.262. The molecule has 1 amide bonds. The summed E-state index contributed by atoms with van der Waals surface area (Å²) < 4.78 is 15.6. The van der Waals surface area contributed by atoms with Gasteiger partial charge in [-0.2, -0.15) is 10.2 Å². The molecule has 3 aromatic rings. The molecule has 0 unspecified atom stereocenters. The van der Waals surface area contributed by atoms with E-state index in [0.717, 1.165) is 5.56 Å². The van der Waals surface area contributed by atoms with E-state index in [4.69, 9.17) is 14.2 Å². The van der Waals surface area contributed by atoms with E-state index in [9.17, 15) is 9.59 Å². The van der Waals surface area contributed by atoms with Crippen molar-refractivity contribution in [2.45, 2.75) is 13.8 Å². The number of aromatic amines is 1. The molecule has 2 N–H and O–H groups in total. The van der Waals surface area contributed by atoms with Crippen molar-refractivity contribution in [3.8, 4) is 28.5 Å². The SMILES string of the molecule is COc1ccc(OC)c(-c2cc(C(=O)NN=C(C)c3ccc(OC(C)=O)cc3)[nH]n2)c1. The van der Waals surface area contributed by atoms with E-state index in [1.165, 1.54) is 6.92 Å². The number of carbonyl (C=O) groups excluding carboxylic acids is 2. The number of rotatable bonds is 7. The minimum Gasteiger partial charge on any atom is -0.497 e. The number of nitrogens with zero attached hydrogens (tertiary/aromatic N) is 2. The Hall–Kier alpha value is -4.14. The summed E-state index contributed by atoms with van der Waals surface area (Å²) in [6.45, 7) is 3.09. The van der Waals surface area contributed by atoms with Crippen LogP contribution in [0.2, 0.25) is 0 Å². The molecule has 0 saturated heterocycles. The van der Waals surface area contributed by atoms with Crippen molar-refractivity contribution in [3.05, 3.63) is 59.8 Å². The largest absolute Gasteiger partial charge is 0.497 e. The minimum absolute atomic E-state index is 0.238. The normalized spacial score (nSPS) is 11.0. The topological polar surface area (TPSA) is 115 Å². The van der Waals surface area contributed by atoms with E-state index < -0.39 is 11.9 Å². The highest BCUT2D eigenvalue weighted by molar-refractivity contribution is 6.00. The second-order valence-corrected chi connectivity index (χ2v) is 6.49. The van der Waals surface area contributed by atoms with Gasteiger partial charge >= 0.3 is 5.97 Å². The molecule has 1 heterocycles. The number of carbonyl (C=O) groups is 2. The van der Waals surface area contributed by atoms with Gasteiger partial charge in [-0.1, -0.05) is 0 Å². The number of hydrogen-bond acceptors (Lipinski definition) is 7. The van der Waals surface area contributed by atoms with Crippen LogP contribution in [0.5, 0.6) is 17.2 Å². The summed E-state index contributed by atoms with van der Waals surface area (Å²) in [7, 11) is 3.13. The van der Waals surface area contributed by atoms with Gasteiger partial charge in [-0.3, -0.25) is 14.7 Å². The smallest absolute Gasteiger partial charge is 0.308 e. The molecular formula is C22H22N4O5. The molecule has 160 valence electrons. The lowest BCUT2D eigenvalue weighted by Crippen LogP contribution is -2.19. The molecule has 3 rings (SSSR count). The molecule has 0 aliphatic carbocycles. The van der Waals surface area contributed by atoms with Crippen LogP contribution >= 0.6 is 0 Å². The Labute approximate surface area is 179 Å². The standard InChI is InChI=1S/C22H22N4O5/c1-13(15-5-7-16(8-6-15)31-14(2)27)23-26-22(28)20-12-19(24-25-20)18-11-17(29-3)9-10-21(18)30-4/h5-12H,1-4H3,(H,24,25)(H,26,28). The Morgan fingerprint density at radius 2 is 1.68 bits per heavy atom. The number of aromatic nitrogens is 2. The van der Waals surface area contributed by atoms with Gasteiger partial charge < -0.3 is 14.2 Å². The maximum atomic E-state index is 12.5. The minimum atomic E-state index is -0.448. The van der Waals surface area contributed by atoms with Gasteiger partial charge in [0, 0.05) is 12.5 Å². The number of H-pyrrole nitrogens is 1. The number of hydrogen-bond donors (Lipinski definition) is 2. The number of nitrogens with one attached hydrogen (secondary N) is 2. The van der Waals surface area contributed by atoms with Crippen molar-refractivity contribution >= 4 is 17.6 Å². The number of methoxy groups -OCH3 is 2. The Morgan fingerprint density at radius 1 is 0.968 bits per heavy atom. The molecule has 0 saturated carbocycles. The third kappa shape index (κ3) is 5.27. The first-order valence-corrected chi connectivity index (χ1v) is 9.32. The number of benzene rings is 2. The molecule has 0 bridgehead atoms. The van der Waals surface area contributed by atoms with Crippen molar-refractivity contribution in [1.82, 2.24) is 15.6 Å². The lowest BCUT2D eigenvalue weighted by atomic mass is 10.1. The monoisotopic (exact) mass is 422 g/mol. The van der Waals surface area contributed by atoms with Gasteiger partial charge in [0.05, 0.1) is 25.6 Å². The summed E-state index contributed by atoms with van der Waals surface area (Å²) in [6.07, 6.45) is 0. The van der Waals surface area contributed by atoms with Gasteiger partial charge in [-0.15, -0.1) is 0 Å². The molecule has 9 nitrogen and oxygen atoms in total. The second kappa shape index (κ2) is 9.57. The van der Waals surface area contributed by atoms with E-state index >= 15 is 0 Å². The first-order valence-electron chi connectivity index (χ1n) is 9.32. The second-order valence-electron chi connectivity index (χ2n) is 6.49. The summed E-state index contributed by atoms with van der Waals surface area (Å²) in [5, 5.41) is 11.0. The fraction of sp³-hybridized carbons (Fsp3) is 0.182. The summed E-state index contributed by atoms with van der Waals surface area (Å²) in [5.41, 5.74) is 5.30. The fourth-order valence-corrected chi connectivity index (χ4v) is 2.78. The Bertz CT molecular complexity index is 1120. The zero-order chi connectivity index (χ0) is 22.4. The van der Waals surface area contributed by atoms with Crippen molar-refractivity contribution in [3.63, 3.8) is 0 Å². The molecule has 31 heavy (non-hydrogen) atoms. The zero-order valence-electron chi connectivity index (χ0n) is 17.6.